The monoisotopic (exact) mass is 219 g/mol. The molecular weight excluding hydrogens is 202 g/mol. The number of hydrogen-bond donors (Lipinski definition) is 1. The second-order valence-electron chi connectivity index (χ2n) is 4.15. The van der Waals surface area contributed by atoms with Gasteiger partial charge in [-0.25, -0.2) is 4.79 Å². The first kappa shape index (κ1) is 10.9. The van der Waals surface area contributed by atoms with Crippen LogP contribution in [0.1, 0.15) is 31.4 Å². The van der Waals surface area contributed by atoms with Gasteiger partial charge < -0.3 is 10.2 Å². The van der Waals surface area contributed by atoms with Gasteiger partial charge in [0, 0.05) is 25.5 Å². The third-order valence-corrected chi connectivity index (χ3v) is 2.94. The Kier molecular flexibility index (Phi) is 3.39. The minimum Gasteiger partial charge on any atom is -0.331 e. The molecule has 1 aromatic heterocycles. The molecular formula is C12H17N3O. The summed E-state index contributed by atoms with van der Waals surface area (Å²) in [6, 6.07) is 3.93. The number of hydrogen-bond acceptors (Lipinski definition) is 2. The maximum atomic E-state index is 11.8. The number of nitrogens with zero attached hydrogens (tertiary/aromatic N) is 2. The third-order valence-electron chi connectivity index (χ3n) is 2.94. The molecule has 1 fully saturated rings. The number of carbonyl (C=O) groups excluding carboxylic acids is 1. The first-order chi connectivity index (χ1) is 7.77. The molecule has 1 aromatic rings. The van der Waals surface area contributed by atoms with Crippen LogP contribution in [-0.4, -0.2) is 29.0 Å². The van der Waals surface area contributed by atoms with Crippen molar-refractivity contribution in [1.82, 2.24) is 15.2 Å². The molecule has 0 aliphatic carbocycles. The Hall–Kier alpha value is -1.58. The highest BCUT2D eigenvalue weighted by Crippen LogP contribution is 2.13. The van der Waals surface area contributed by atoms with Crippen molar-refractivity contribution in [2.75, 3.05) is 13.1 Å². The van der Waals surface area contributed by atoms with Gasteiger partial charge in [0.25, 0.3) is 0 Å². The van der Waals surface area contributed by atoms with Gasteiger partial charge in [0.1, 0.15) is 0 Å². The van der Waals surface area contributed by atoms with Gasteiger partial charge >= 0.3 is 6.03 Å². The Morgan fingerprint density at radius 1 is 1.38 bits per heavy atom. The molecule has 4 nitrogen and oxygen atoms in total. The van der Waals surface area contributed by atoms with Crippen LogP contribution in [0.15, 0.2) is 24.5 Å². The summed E-state index contributed by atoms with van der Waals surface area (Å²) in [5.74, 6) is 0. The quantitative estimate of drug-likeness (QED) is 0.826. The minimum atomic E-state index is 0.0381. The van der Waals surface area contributed by atoms with Gasteiger partial charge in [-0.3, -0.25) is 4.98 Å². The van der Waals surface area contributed by atoms with Gasteiger partial charge in [0.05, 0.1) is 6.04 Å². The highest BCUT2D eigenvalue weighted by atomic mass is 16.2. The second-order valence-corrected chi connectivity index (χ2v) is 4.15. The molecule has 1 aliphatic rings. The molecule has 0 spiro atoms. The number of likely N-dealkylation sites (tertiary alicyclic amines) is 1. The van der Waals surface area contributed by atoms with Crippen LogP contribution < -0.4 is 5.32 Å². The van der Waals surface area contributed by atoms with E-state index in [9.17, 15) is 4.79 Å². The molecule has 0 radical (unpaired) electrons. The number of pyridine rings is 1. The van der Waals surface area contributed by atoms with Crippen LogP contribution in [-0.2, 0) is 0 Å². The van der Waals surface area contributed by atoms with Crippen molar-refractivity contribution < 1.29 is 4.79 Å². The van der Waals surface area contributed by atoms with Gasteiger partial charge in [0.2, 0.25) is 0 Å². The van der Waals surface area contributed by atoms with E-state index in [1.807, 2.05) is 24.0 Å². The largest absolute Gasteiger partial charge is 0.331 e. The number of rotatable bonds is 2. The van der Waals surface area contributed by atoms with Crippen LogP contribution in [0, 0.1) is 0 Å². The molecule has 0 bridgehead atoms. The highest BCUT2D eigenvalue weighted by Gasteiger charge is 2.19. The van der Waals surface area contributed by atoms with E-state index in [0.717, 1.165) is 31.5 Å². The summed E-state index contributed by atoms with van der Waals surface area (Å²) in [4.78, 5) is 17.7. The first-order valence-electron chi connectivity index (χ1n) is 5.73. The molecule has 0 aromatic carbocycles. The Bertz CT molecular complexity index is 347. The first-order valence-corrected chi connectivity index (χ1v) is 5.73. The number of urea groups is 1. The van der Waals surface area contributed by atoms with Crippen molar-refractivity contribution in [2.24, 2.45) is 0 Å². The zero-order chi connectivity index (χ0) is 11.4. The van der Waals surface area contributed by atoms with Gasteiger partial charge in [0.15, 0.2) is 0 Å². The lowest BCUT2D eigenvalue weighted by Crippen LogP contribution is -2.39. The van der Waals surface area contributed by atoms with Crippen LogP contribution in [0.2, 0.25) is 0 Å². The minimum absolute atomic E-state index is 0.0381. The molecule has 0 saturated carbocycles. The molecule has 4 heteroatoms. The fourth-order valence-corrected chi connectivity index (χ4v) is 1.93. The van der Waals surface area contributed by atoms with Gasteiger partial charge in [-0.05, 0) is 37.5 Å². The molecule has 16 heavy (non-hydrogen) atoms. The lowest BCUT2D eigenvalue weighted by molar-refractivity contribution is 0.205. The number of amides is 2. The molecule has 2 heterocycles. The number of carbonyl (C=O) groups is 1. The predicted octanol–water partition coefficient (Wildman–Crippen LogP) is 1.95. The van der Waals surface area contributed by atoms with E-state index in [1.165, 1.54) is 0 Å². The fraction of sp³-hybridized carbons (Fsp3) is 0.500. The second kappa shape index (κ2) is 4.96. The maximum Gasteiger partial charge on any atom is 0.317 e. The highest BCUT2D eigenvalue weighted by molar-refractivity contribution is 5.74. The molecule has 1 aliphatic heterocycles. The summed E-state index contributed by atoms with van der Waals surface area (Å²) in [6.07, 6.45) is 5.73. The van der Waals surface area contributed by atoms with E-state index in [4.69, 9.17) is 0 Å². The average Bonchev–Trinajstić information content (AvgIpc) is 2.83. The molecule has 86 valence electrons. The summed E-state index contributed by atoms with van der Waals surface area (Å²) in [6.45, 7) is 3.76. The van der Waals surface area contributed by atoms with Gasteiger partial charge in [-0.15, -0.1) is 0 Å². The Morgan fingerprint density at radius 2 is 2.00 bits per heavy atom. The smallest absolute Gasteiger partial charge is 0.317 e. The zero-order valence-electron chi connectivity index (χ0n) is 9.52. The van der Waals surface area contributed by atoms with Crippen LogP contribution in [0.25, 0.3) is 0 Å². The van der Waals surface area contributed by atoms with E-state index in [-0.39, 0.29) is 12.1 Å². The predicted molar refractivity (Wildman–Crippen MR) is 62.0 cm³/mol. The van der Waals surface area contributed by atoms with Crippen molar-refractivity contribution in [1.29, 1.82) is 0 Å². The SMILES string of the molecule is CC(NC(=O)N1CCCC1)c1ccncc1. The van der Waals surface area contributed by atoms with E-state index in [1.54, 1.807) is 12.4 Å². The van der Waals surface area contributed by atoms with Crippen LogP contribution >= 0.6 is 0 Å². The summed E-state index contributed by atoms with van der Waals surface area (Å²) >= 11 is 0. The lowest BCUT2D eigenvalue weighted by Gasteiger charge is -2.20. The topological polar surface area (TPSA) is 45.2 Å². The molecule has 1 saturated heterocycles. The van der Waals surface area contributed by atoms with Crippen molar-refractivity contribution in [3.8, 4) is 0 Å². The molecule has 1 unspecified atom stereocenters. The molecule has 1 atom stereocenters. The maximum absolute atomic E-state index is 11.8. The fourth-order valence-electron chi connectivity index (χ4n) is 1.93. The van der Waals surface area contributed by atoms with Crippen molar-refractivity contribution in [2.45, 2.75) is 25.8 Å². The van der Waals surface area contributed by atoms with E-state index >= 15 is 0 Å². The molecule has 1 N–H and O–H groups in total. The summed E-state index contributed by atoms with van der Waals surface area (Å²) in [5, 5.41) is 3.00. The van der Waals surface area contributed by atoms with Crippen molar-refractivity contribution in [3.05, 3.63) is 30.1 Å². The zero-order valence-corrected chi connectivity index (χ0v) is 9.52. The Balaban J connectivity index is 1.92. The average molecular weight is 219 g/mol. The standard InChI is InChI=1S/C12H17N3O/c1-10(11-4-6-13-7-5-11)14-12(16)15-8-2-3-9-15/h4-7,10H,2-3,8-9H2,1H3,(H,14,16). The summed E-state index contributed by atoms with van der Waals surface area (Å²) in [7, 11) is 0. The lowest BCUT2D eigenvalue weighted by atomic mass is 10.1. The third kappa shape index (κ3) is 2.51. The van der Waals surface area contributed by atoms with Crippen LogP contribution in [0.3, 0.4) is 0 Å². The number of aromatic nitrogens is 1. The van der Waals surface area contributed by atoms with E-state index < -0.39 is 0 Å². The molecule has 2 amide bonds. The van der Waals surface area contributed by atoms with Crippen molar-refractivity contribution in [3.63, 3.8) is 0 Å². The van der Waals surface area contributed by atoms with E-state index in [0.29, 0.717) is 0 Å². The number of nitrogens with one attached hydrogen (secondary N) is 1. The Labute approximate surface area is 95.7 Å². The summed E-state index contributed by atoms with van der Waals surface area (Å²) in [5.41, 5.74) is 1.09. The van der Waals surface area contributed by atoms with Gasteiger partial charge in [-0.1, -0.05) is 0 Å². The summed E-state index contributed by atoms with van der Waals surface area (Å²) < 4.78 is 0. The van der Waals surface area contributed by atoms with Crippen LogP contribution in [0.4, 0.5) is 4.79 Å². The van der Waals surface area contributed by atoms with Crippen molar-refractivity contribution >= 4 is 6.03 Å². The van der Waals surface area contributed by atoms with Gasteiger partial charge in [-0.2, -0.15) is 0 Å². The Morgan fingerprint density at radius 3 is 2.62 bits per heavy atom. The van der Waals surface area contributed by atoms with Crippen LogP contribution in [0.5, 0.6) is 0 Å². The van der Waals surface area contributed by atoms with E-state index in [2.05, 4.69) is 10.3 Å². The normalized spacial score (nSPS) is 17.2. The molecule has 2 rings (SSSR count).